The highest BCUT2D eigenvalue weighted by Crippen LogP contribution is 2.34. The highest BCUT2D eigenvalue weighted by molar-refractivity contribution is 7.80. The second-order valence-electron chi connectivity index (χ2n) is 4.91. The van der Waals surface area contributed by atoms with Crippen LogP contribution in [0.3, 0.4) is 0 Å². The maximum atomic E-state index is 11.9. The van der Waals surface area contributed by atoms with Gasteiger partial charge >= 0.3 is 5.97 Å². The molecule has 0 fully saturated rings. The summed E-state index contributed by atoms with van der Waals surface area (Å²) in [6.45, 7) is 1.96. The van der Waals surface area contributed by atoms with E-state index in [9.17, 15) is 9.59 Å². The van der Waals surface area contributed by atoms with Crippen LogP contribution in [0.1, 0.15) is 12.5 Å². The predicted octanol–water partition coefficient (Wildman–Crippen LogP) is 1.25. The molecule has 1 aliphatic heterocycles. The SMILES string of the molecule is CCOC(=O)CN1C(c2ccc(OC)cc2OC)=CC(=O)NC1S. The molecule has 1 unspecified atom stereocenters. The average molecular weight is 352 g/mol. The van der Waals surface area contributed by atoms with Crippen LogP contribution in [0.2, 0.25) is 0 Å². The maximum absolute atomic E-state index is 11.9. The van der Waals surface area contributed by atoms with E-state index in [2.05, 4.69) is 17.9 Å². The quantitative estimate of drug-likeness (QED) is 0.593. The summed E-state index contributed by atoms with van der Waals surface area (Å²) in [5.74, 6) is 0.426. The molecule has 7 nitrogen and oxygen atoms in total. The molecule has 0 bridgehead atoms. The van der Waals surface area contributed by atoms with Gasteiger partial charge in [-0.15, -0.1) is 12.6 Å². The van der Waals surface area contributed by atoms with E-state index < -0.39 is 11.5 Å². The summed E-state index contributed by atoms with van der Waals surface area (Å²) < 4.78 is 15.6. The first-order chi connectivity index (χ1) is 11.5. The minimum absolute atomic E-state index is 0.0523. The number of esters is 1. The Hall–Kier alpha value is -2.35. The zero-order valence-corrected chi connectivity index (χ0v) is 14.6. The van der Waals surface area contributed by atoms with Crippen molar-refractivity contribution >= 4 is 30.2 Å². The third kappa shape index (κ3) is 3.94. The molecule has 1 amide bonds. The lowest BCUT2D eigenvalue weighted by Crippen LogP contribution is -2.49. The Morgan fingerprint density at radius 1 is 1.33 bits per heavy atom. The minimum atomic E-state index is -0.659. The average Bonchev–Trinajstić information content (AvgIpc) is 2.56. The van der Waals surface area contributed by atoms with E-state index in [1.165, 1.54) is 13.2 Å². The van der Waals surface area contributed by atoms with Gasteiger partial charge in [0.15, 0.2) is 0 Å². The fourth-order valence-electron chi connectivity index (χ4n) is 2.35. The number of hydrogen-bond acceptors (Lipinski definition) is 7. The molecule has 0 saturated carbocycles. The molecule has 0 radical (unpaired) electrons. The highest BCUT2D eigenvalue weighted by atomic mass is 32.1. The third-order valence-corrected chi connectivity index (χ3v) is 3.84. The van der Waals surface area contributed by atoms with E-state index in [1.54, 1.807) is 37.1 Å². The lowest BCUT2D eigenvalue weighted by Gasteiger charge is -2.35. The summed E-state index contributed by atoms with van der Waals surface area (Å²) in [5.41, 5.74) is 0.511. The Bertz CT molecular complexity index is 662. The lowest BCUT2D eigenvalue weighted by atomic mass is 10.1. The van der Waals surface area contributed by atoms with E-state index >= 15 is 0 Å². The second-order valence-corrected chi connectivity index (χ2v) is 5.40. The van der Waals surface area contributed by atoms with Gasteiger partial charge in [-0.25, -0.2) is 0 Å². The number of methoxy groups -OCH3 is 2. The van der Waals surface area contributed by atoms with Gasteiger partial charge in [0, 0.05) is 17.7 Å². The largest absolute Gasteiger partial charge is 0.497 e. The number of benzene rings is 1. The monoisotopic (exact) mass is 352 g/mol. The Morgan fingerprint density at radius 2 is 2.08 bits per heavy atom. The van der Waals surface area contributed by atoms with Gasteiger partial charge in [0.2, 0.25) is 5.91 Å². The summed E-state index contributed by atoms with van der Waals surface area (Å²) in [7, 11) is 3.08. The van der Waals surface area contributed by atoms with E-state index in [1.807, 2.05) is 0 Å². The van der Waals surface area contributed by atoms with Crippen LogP contribution in [0, 0.1) is 0 Å². The van der Waals surface area contributed by atoms with Crippen molar-refractivity contribution in [3.05, 3.63) is 29.8 Å². The third-order valence-electron chi connectivity index (χ3n) is 3.43. The zero-order valence-electron chi connectivity index (χ0n) is 13.7. The van der Waals surface area contributed by atoms with Crippen molar-refractivity contribution in [3.8, 4) is 11.5 Å². The maximum Gasteiger partial charge on any atom is 0.325 e. The number of carbonyl (C=O) groups excluding carboxylic acids is 2. The molecule has 0 saturated heterocycles. The van der Waals surface area contributed by atoms with E-state index in [-0.39, 0.29) is 19.1 Å². The fraction of sp³-hybridized carbons (Fsp3) is 0.375. The van der Waals surface area contributed by atoms with Gasteiger partial charge in [0.1, 0.15) is 23.5 Å². The van der Waals surface area contributed by atoms with Gasteiger partial charge in [-0.1, -0.05) is 0 Å². The predicted molar refractivity (Wildman–Crippen MR) is 91.8 cm³/mol. The van der Waals surface area contributed by atoms with Gasteiger partial charge in [-0.05, 0) is 19.1 Å². The molecule has 0 aromatic heterocycles. The van der Waals surface area contributed by atoms with Crippen molar-refractivity contribution in [2.45, 2.75) is 12.4 Å². The highest BCUT2D eigenvalue weighted by Gasteiger charge is 2.29. The Labute approximate surface area is 146 Å². The number of thiol groups is 1. The molecule has 8 heteroatoms. The lowest BCUT2D eigenvalue weighted by molar-refractivity contribution is -0.144. The first-order valence-corrected chi connectivity index (χ1v) is 7.86. The molecule has 1 N–H and O–H groups in total. The van der Waals surface area contributed by atoms with Crippen LogP contribution in [0.25, 0.3) is 5.70 Å². The number of ether oxygens (including phenoxy) is 3. The second kappa shape index (κ2) is 7.96. The van der Waals surface area contributed by atoms with E-state index in [0.29, 0.717) is 22.8 Å². The smallest absolute Gasteiger partial charge is 0.325 e. The van der Waals surface area contributed by atoms with Gasteiger partial charge in [-0.2, -0.15) is 0 Å². The van der Waals surface area contributed by atoms with Crippen molar-refractivity contribution in [2.75, 3.05) is 27.4 Å². The molecular formula is C16H20N2O5S. The van der Waals surface area contributed by atoms with Gasteiger partial charge in [0.05, 0.1) is 26.5 Å². The number of carbonyl (C=O) groups is 2. The summed E-state index contributed by atoms with van der Waals surface area (Å²) in [6.07, 6.45) is 1.40. The summed E-state index contributed by atoms with van der Waals surface area (Å²) in [6, 6.07) is 5.22. The molecule has 0 aliphatic carbocycles. The normalized spacial score (nSPS) is 17.0. The number of amides is 1. The van der Waals surface area contributed by atoms with Gasteiger partial charge in [-0.3, -0.25) is 9.59 Å². The first-order valence-electron chi connectivity index (χ1n) is 7.35. The van der Waals surface area contributed by atoms with Gasteiger partial charge < -0.3 is 24.4 Å². The molecule has 24 heavy (non-hydrogen) atoms. The summed E-state index contributed by atoms with van der Waals surface area (Å²) in [4.78, 5) is 25.4. The number of hydrogen-bond donors (Lipinski definition) is 2. The van der Waals surface area contributed by atoms with Crippen molar-refractivity contribution in [3.63, 3.8) is 0 Å². The number of rotatable bonds is 6. The molecule has 2 rings (SSSR count). The van der Waals surface area contributed by atoms with Crippen molar-refractivity contribution in [1.29, 1.82) is 0 Å². The molecule has 1 heterocycles. The first kappa shape index (κ1) is 18.0. The molecule has 1 aromatic rings. The molecule has 1 aromatic carbocycles. The summed E-state index contributed by atoms with van der Waals surface area (Å²) in [5, 5.41) is 2.64. The van der Waals surface area contributed by atoms with Crippen LogP contribution in [-0.4, -0.2) is 49.6 Å². The van der Waals surface area contributed by atoms with E-state index in [0.717, 1.165) is 0 Å². The molecular weight excluding hydrogens is 332 g/mol. The van der Waals surface area contributed by atoms with E-state index in [4.69, 9.17) is 14.2 Å². The Balaban J connectivity index is 2.43. The van der Waals surface area contributed by atoms with Crippen LogP contribution in [0.4, 0.5) is 0 Å². The molecule has 1 aliphatic rings. The number of nitrogens with zero attached hydrogens (tertiary/aromatic N) is 1. The molecule has 130 valence electrons. The standard InChI is InChI=1S/C16H20N2O5S/c1-4-23-15(20)9-18-12(8-14(19)17-16(18)24)11-6-5-10(21-2)7-13(11)22-3/h5-8,16,24H,4,9H2,1-3H3,(H,17,19). The van der Waals surface area contributed by atoms with Crippen LogP contribution in [-0.2, 0) is 14.3 Å². The van der Waals surface area contributed by atoms with Crippen molar-refractivity contribution in [2.24, 2.45) is 0 Å². The Kier molecular flexibility index (Phi) is 5.97. The van der Waals surface area contributed by atoms with Gasteiger partial charge in [0.25, 0.3) is 0 Å². The topological polar surface area (TPSA) is 77.1 Å². The van der Waals surface area contributed by atoms with Crippen LogP contribution >= 0.6 is 12.6 Å². The Morgan fingerprint density at radius 3 is 2.71 bits per heavy atom. The van der Waals surface area contributed by atoms with Crippen LogP contribution < -0.4 is 14.8 Å². The molecule has 0 spiro atoms. The molecule has 1 atom stereocenters. The number of nitrogens with one attached hydrogen (secondary N) is 1. The minimum Gasteiger partial charge on any atom is -0.497 e. The zero-order chi connectivity index (χ0) is 17.7. The summed E-state index contributed by atoms with van der Waals surface area (Å²) >= 11 is 4.35. The van der Waals surface area contributed by atoms with Crippen LogP contribution in [0.5, 0.6) is 11.5 Å². The fourth-order valence-corrected chi connectivity index (χ4v) is 2.68. The van der Waals surface area contributed by atoms with Crippen molar-refractivity contribution in [1.82, 2.24) is 10.2 Å². The van der Waals surface area contributed by atoms with Crippen molar-refractivity contribution < 1.29 is 23.8 Å². The van der Waals surface area contributed by atoms with Crippen LogP contribution in [0.15, 0.2) is 24.3 Å².